The van der Waals surface area contributed by atoms with Crippen LogP contribution >= 0.6 is 11.6 Å². The molecule has 1 rings (SSSR count). The predicted molar refractivity (Wildman–Crippen MR) is 84.8 cm³/mol. The smallest absolute Gasteiger partial charge is 0.412 e. The Kier molecular flexibility index (Phi) is 5.73. The van der Waals surface area contributed by atoms with Crippen molar-refractivity contribution in [1.29, 1.82) is 0 Å². The molecule has 6 nitrogen and oxygen atoms in total. The van der Waals surface area contributed by atoms with Crippen molar-refractivity contribution < 1.29 is 19.1 Å². The van der Waals surface area contributed by atoms with Crippen LogP contribution in [0.1, 0.15) is 48.5 Å². The van der Waals surface area contributed by atoms with E-state index in [0.29, 0.717) is 0 Å². The summed E-state index contributed by atoms with van der Waals surface area (Å²) in [6.45, 7) is 12.8. The minimum absolute atomic E-state index is 0.228. The van der Waals surface area contributed by atoms with Gasteiger partial charge in [-0.1, -0.05) is 0 Å². The van der Waals surface area contributed by atoms with Crippen molar-refractivity contribution in [3.8, 4) is 0 Å². The molecule has 1 N–H and O–H groups in total. The summed E-state index contributed by atoms with van der Waals surface area (Å²) in [7, 11) is 0. The first kappa shape index (κ1) is 19.0. The second kappa shape index (κ2) is 6.62. The molecule has 0 radical (unpaired) electrons. The number of nitrogens with one attached hydrogen (secondary N) is 1. The van der Waals surface area contributed by atoms with Crippen molar-refractivity contribution in [3.05, 3.63) is 0 Å². The van der Waals surface area contributed by atoms with E-state index in [2.05, 4.69) is 5.32 Å². The van der Waals surface area contributed by atoms with Gasteiger partial charge < -0.3 is 14.8 Å². The average Bonchev–Trinajstić information content (AvgIpc) is 2.52. The second-order valence-corrected chi connectivity index (χ2v) is 7.70. The molecule has 3 unspecified atom stereocenters. The van der Waals surface area contributed by atoms with Gasteiger partial charge in [0.1, 0.15) is 16.7 Å². The molecule has 7 heteroatoms. The molecule has 1 aliphatic heterocycles. The molecule has 0 bridgehead atoms. The summed E-state index contributed by atoms with van der Waals surface area (Å²) in [5.41, 5.74) is -1.40. The lowest BCUT2D eigenvalue weighted by atomic mass is 10.1. The van der Waals surface area contributed by atoms with E-state index in [4.69, 9.17) is 21.1 Å². The van der Waals surface area contributed by atoms with Crippen LogP contribution in [0.15, 0.2) is 0 Å². The number of amides is 2. The van der Waals surface area contributed by atoms with Crippen LogP contribution in [0.3, 0.4) is 0 Å². The zero-order valence-corrected chi connectivity index (χ0v) is 15.2. The lowest BCUT2D eigenvalue weighted by Crippen LogP contribution is -2.54. The van der Waals surface area contributed by atoms with Gasteiger partial charge in [-0.2, -0.15) is 0 Å². The van der Waals surface area contributed by atoms with E-state index in [-0.39, 0.29) is 24.6 Å². The van der Waals surface area contributed by atoms with Crippen molar-refractivity contribution in [2.75, 3.05) is 6.54 Å². The molecular weight excluding hydrogens is 308 g/mol. The molecule has 3 atom stereocenters. The number of hydrogen-bond donors (Lipinski definition) is 1. The SMILES string of the molecule is CC(Cl)C(=O)NCC1C(C)OC(C)(C)N1C(=O)OC(C)(C)C. The summed E-state index contributed by atoms with van der Waals surface area (Å²) in [5.74, 6) is -0.275. The highest BCUT2D eigenvalue weighted by Crippen LogP contribution is 2.33. The van der Waals surface area contributed by atoms with Gasteiger partial charge >= 0.3 is 6.09 Å². The van der Waals surface area contributed by atoms with Gasteiger partial charge in [-0.3, -0.25) is 9.69 Å². The third kappa shape index (κ3) is 4.74. The molecule has 0 spiro atoms. The van der Waals surface area contributed by atoms with Gasteiger partial charge in [-0.05, 0) is 48.5 Å². The number of nitrogens with zero attached hydrogens (tertiary/aromatic N) is 1. The first-order valence-corrected chi connectivity index (χ1v) is 7.90. The highest BCUT2D eigenvalue weighted by molar-refractivity contribution is 6.30. The van der Waals surface area contributed by atoms with Crippen LogP contribution < -0.4 is 5.32 Å². The van der Waals surface area contributed by atoms with Gasteiger partial charge in [0, 0.05) is 6.54 Å². The molecule has 22 heavy (non-hydrogen) atoms. The van der Waals surface area contributed by atoms with E-state index in [0.717, 1.165) is 0 Å². The fourth-order valence-electron chi connectivity index (χ4n) is 2.47. The molecule has 0 aromatic rings. The number of hydrogen-bond acceptors (Lipinski definition) is 4. The normalized spacial score (nSPS) is 25.7. The van der Waals surface area contributed by atoms with Crippen molar-refractivity contribution in [3.63, 3.8) is 0 Å². The summed E-state index contributed by atoms with van der Waals surface area (Å²) >= 11 is 5.74. The largest absolute Gasteiger partial charge is 0.444 e. The summed E-state index contributed by atoms with van der Waals surface area (Å²) in [6.07, 6.45) is -0.687. The Morgan fingerprint density at radius 2 is 1.95 bits per heavy atom. The maximum atomic E-state index is 12.5. The molecule has 1 saturated heterocycles. The van der Waals surface area contributed by atoms with Crippen LogP contribution in [-0.4, -0.2) is 52.3 Å². The summed E-state index contributed by atoms with van der Waals surface area (Å²) in [4.78, 5) is 25.7. The Labute approximate surface area is 137 Å². The van der Waals surface area contributed by atoms with Gasteiger partial charge in [-0.25, -0.2) is 4.79 Å². The lowest BCUT2D eigenvalue weighted by molar-refractivity contribution is -0.120. The molecule has 1 aliphatic rings. The van der Waals surface area contributed by atoms with Crippen LogP contribution in [0, 0.1) is 0 Å². The minimum atomic E-state index is -0.802. The number of alkyl halides is 1. The van der Waals surface area contributed by atoms with Gasteiger partial charge in [0.25, 0.3) is 0 Å². The van der Waals surface area contributed by atoms with E-state index < -0.39 is 22.8 Å². The first-order chi connectivity index (χ1) is 9.85. The van der Waals surface area contributed by atoms with Crippen molar-refractivity contribution in [2.24, 2.45) is 0 Å². The quantitative estimate of drug-likeness (QED) is 0.805. The Hall–Kier alpha value is -1.01. The van der Waals surface area contributed by atoms with Crippen LogP contribution in [0.2, 0.25) is 0 Å². The molecule has 0 aromatic carbocycles. The summed E-state index contributed by atoms with van der Waals surface area (Å²) in [6, 6.07) is -0.316. The molecule has 0 aromatic heterocycles. The molecule has 0 saturated carbocycles. The summed E-state index contributed by atoms with van der Waals surface area (Å²) in [5, 5.41) is 2.12. The van der Waals surface area contributed by atoms with E-state index in [9.17, 15) is 9.59 Å². The second-order valence-electron chi connectivity index (χ2n) is 7.05. The number of carbonyl (C=O) groups is 2. The maximum absolute atomic E-state index is 12.5. The molecule has 1 fully saturated rings. The molecular formula is C15H27ClN2O4. The van der Waals surface area contributed by atoms with Crippen LogP contribution in [0.5, 0.6) is 0 Å². The van der Waals surface area contributed by atoms with Crippen LogP contribution in [0.4, 0.5) is 4.79 Å². The third-order valence-corrected chi connectivity index (χ3v) is 3.56. The van der Waals surface area contributed by atoms with Crippen LogP contribution in [0.25, 0.3) is 0 Å². The Morgan fingerprint density at radius 3 is 2.41 bits per heavy atom. The van der Waals surface area contributed by atoms with E-state index >= 15 is 0 Å². The van der Waals surface area contributed by atoms with E-state index in [1.54, 1.807) is 25.7 Å². The number of rotatable bonds is 3. The number of carbonyl (C=O) groups excluding carboxylic acids is 2. The fraction of sp³-hybridized carbons (Fsp3) is 0.867. The standard InChI is InChI=1S/C15H27ClN2O4/c1-9(16)12(19)17-8-11-10(2)21-15(6,7)18(11)13(20)22-14(3,4)5/h9-11H,8H2,1-7H3,(H,17,19). The maximum Gasteiger partial charge on any atom is 0.412 e. The molecule has 2 amide bonds. The average molecular weight is 335 g/mol. The monoisotopic (exact) mass is 334 g/mol. The number of ether oxygens (including phenoxy) is 2. The minimum Gasteiger partial charge on any atom is -0.444 e. The highest BCUT2D eigenvalue weighted by Gasteiger charge is 2.49. The Morgan fingerprint density at radius 1 is 1.41 bits per heavy atom. The fourth-order valence-corrected chi connectivity index (χ4v) is 2.55. The van der Waals surface area contributed by atoms with Gasteiger partial charge in [-0.15, -0.1) is 11.6 Å². The zero-order valence-electron chi connectivity index (χ0n) is 14.4. The lowest BCUT2D eigenvalue weighted by Gasteiger charge is -2.35. The topological polar surface area (TPSA) is 67.9 Å². The van der Waals surface area contributed by atoms with Gasteiger partial charge in [0.15, 0.2) is 0 Å². The molecule has 0 aliphatic carbocycles. The third-order valence-electron chi connectivity index (χ3n) is 3.36. The van der Waals surface area contributed by atoms with E-state index in [1.165, 1.54) is 0 Å². The first-order valence-electron chi connectivity index (χ1n) is 7.47. The predicted octanol–water partition coefficient (Wildman–Crippen LogP) is 2.49. The Balaban J connectivity index is 2.87. The van der Waals surface area contributed by atoms with Gasteiger partial charge in [0.05, 0.1) is 12.1 Å². The zero-order chi connectivity index (χ0) is 17.3. The van der Waals surface area contributed by atoms with Crippen molar-refractivity contribution in [2.45, 2.75) is 77.3 Å². The van der Waals surface area contributed by atoms with Crippen LogP contribution in [-0.2, 0) is 14.3 Å². The molecule has 1 heterocycles. The summed E-state index contributed by atoms with van der Waals surface area (Å²) < 4.78 is 11.3. The van der Waals surface area contributed by atoms with Crippen molar-refractivity contribution >= 4 is 23.6 Å². The van der Waals surface area contributed by atoms with Crippen molar-refractivity contribution in [1.82, 2.24) is 10.2 Å². The molecule has 128 valence electrons. The van der Waals surface area contributed by atoms with E-state index in [1.807, 2.05) is 27.7 Å². The number of halogens is 1. The highest BCUT2D eigenvalue weighted by atomic mass is 35.5. The Bertz CT molecular complexity index is 432. The van der Waals surface area contributed by atoms with Gasteiger partial charge in [0.2, 0.25) is 5.91 Å².